The number of fused-ring (bicyclic) bond motifs is 1. The van der Waals surface area contributed by atoms with Crippen LogP contribution in [0.4, 0.5) is 4.79 Å². The van der Waals surface area contributed by atoms with Gasteiger partial charge < -0.3 is 14.6 Å². The number of hydrogen-bond acceptors (Lipinski definition) is 5. The molecular weight excluding hydrogens is 362 g/mol. The van der Waals surface area contributed by atoms with Crippen molar-refractivity contribution in [1.29, 1.82) is 0 Å². The molecule has 1 fully saturated rings. The van der Waals surface area contributed by atoms with E-state index < -0.39 is 5.60 Å². The lowest BCUT2D eigenvalue weighted by molar-refractivity contribution is 0.0219. The van der Waals surface area contributed by atoms with Crippen LogP contribution < -0.4 is 5.56 Å². The van der Waals surface area contributed by atoms with Crippen LogP contribution in [0, 0.1) is 0 Å². The van der Waals surface area contributed by atoms with E-state index in [2.05, 4.69) is 16.0 Å². The van der Waals surface area contributed by atoms with Crippen LogP contribution in [0.25, 0.3) is 11.0 Å². The molecule has 0 radical (unpaired) electrons. The fourth-order valence-electron chi connectivity index (χ4n) is 3.09. The molecule has 27 heavy (non-hydrogen) atoms. The van der Waals surface area contributed by atoms with E-state index in [1.54, 1.807) is 16.7 Å². The Morgan fingerprint density at radius 3 is 2.67 bits per heavy atom. The number of ether oxygens (including phenoxy) is 1. The smallest absolute Gasteiger partial charge is 0.410 e. The Bertz CT molecular complexity index is 880. The first-order valence-electron chi connectivity index (χ1n) is 9.42. The van der Waals surface area contributed by atoms with Gasteiger partial charge in [0.2, 0.25) is 0 Å². The Morgan fingerprint density at radius 2 is 2.04 bits per heavy atom. The van der Waals surface area contributed by atoms with Crippen LogP contribution in [-0.2, 0) is 11.2 Å². The third kappa shape index (κ3) is 5.03. The normalized spacial score (nSPS) is 15.9. The van der Waals surface area contributed by atoms with Gasteiger partial charge in [0.15, 0.2) is 0 Å². The van der Waals surface area contributed by atoms with Gasteiger partial charge in [-0.2, -0.15) is 0 Å². The van der Waals surface area contributed by atoms with Crippen molar-refractivity contribution in [1.82, 2.24) is 14.9 Å². The summed E-state index contributed by atoms with van der Waals surface area (Å²) in [6.07, 6.45) is 2.24. The number of nitrogens with one attached hydrogen (secondary N) is 1. The molecule has 0 unspecified atom stereocenters. The Labute approximate surface area is 163 Å². The fraction of sp³-hybridized carbons (Fsp3) is 0.550. The number of nitrogens with zero attached hydrogens (tertiary/aromatic N) is 2. The highest BCUT2D eigenvalue weighted by Crippen LogP contribution is 2.32. The van der Waals surface area contributed by atoms with Crippen molar-refractivity contribution in [3.05, 3.63) is 34.2 Å². The van der Waals surface area contributed by atoms with Gasteiger partial charge in [0, 0.05) is 23.2 Å². The second kappa shape index (κ2) is 7.92. The van der Waals surface area contributed by atoms with Crippen LogP contribution in [0.5, 0.6) is 0 Å². The molecule has 7 heteroatoms. The third-order valence-corrected chi connectivity index (χ3v) is 5.80. The summed E-state index contributed by atoms with van der Waals surface area (Å²) in [4.78, 5) is 34.4. The van der Waals surface area contributed by atoms with Gasteiger partial charge >= 0.3 is 6.09 Å². The first-order valence-corrected chi connectivity index (χ1v) is 10.3. The van der Waals surface area contributed by atoms with Gasteiger partial charge in [-0.05, 0) is 58.2 Å². The number of amides is 1. The summed E-state index contributed by atoms with van der Waals surface area (Å²) in [6.45, 7) is 9.00. The number of aromatic amines is 1. The van der Waals surface area contributed by atoms with Gasteiger partial charge in [-0.25, -0.2) is 9.78 Å². The van der Waals surface area contributed by atoms with E-state index in [0.717, 1.165) is 28.8 Å². The van der Waals surface area contributed by atoms with Crippen molar-refractivity contribution in [3.63, 3.8) is 0 Å². The zero-order valence-electron chi connectivity index (χ0n) is 16.4. The maximum atomic E-state index is 12.2. The van der Waals surface area contributed by atoms with Gasteiger partial charge in [0.05, 0.1) is 11.0 Å². The molecule has 2 heterocycles. The number of hydrogen-bond donors (Lipinski definition) is 1. The summed E-state index contributed by atoms with van der Waals surface area (Å²) in [5, 5.41) is 0.440. The molecule has 0 atom stereocenters. The summed E-state index contributed by atoms with van der Waals surface area (Å²) in [5.74, 6) is 0. The maximum Gasteiger partial charge on any atom is 0.410 e. The molecule has 2 aromatic rings. The number of carbonyl (C=O) groups is 1. The summed E-state index contributed by atoms with van der Waals surface area (Å²) in [6, 6.07) is 6.01. The average Bonchev–Trinajstić information content (AvgIpc) is 2.60. The lowest BCUT2D eigenvalue weighted by Gasteiger charge is -2.33. The van der Waals surface area contributed by atoms with Crippen LogP contribution in [-0.4, -0.2) is 44.9 Å². The molecule has 0 saturated carbocycles. The first kappa shape index (κ1) is 19.7. The molecule has 1 N–H and O–H groups in total. The van der Waals surface area contributed by atoms with Crippen LogP contribution in [0.15, 0.2) is 27.9 Å². The minimum absolute atomic E-state index is 0.113. The van der Waals surface area contributed by atoms with E-state index >= 15 is 0 Å². The standard InChI is InChI=1S/C20H27N3O3S/c1-5-15-18(24)22-17-12-14(6-7-16(17)21-15)27-13-8-10-23(11-9-13)19(25)26-20(2,3)4/h6-7,12-13H,5,8-11H2,1-4H3,(H,22,24). The number of thioether (sulfide) groups is 1. The summed E-state index contributed by atoms with van der Waals surface area (Å²) in [5.41, 5.74) is 1.58. The number of rotatable bonds is 3. The molecule has 146 valence electrons. The summed E-state index contributed by atoms with van der Waals surface area (Å²) >= 11 is 1.79. The molecule has 1 aliphatic rings. The van der Waals surface area contributed by atoms with Crippen LogP contribution in [0.3, 0.4) is 0 Å². The van der Waals surface area contributed by atoms with E-state index in [-0.39, 0.29) is 11.7 Å². The topological polar surface area (TPSA) is 75.3 Å². The zero-order chi connectivity index (χ0) is 19.6. The molecule has 6 nitrogen and oxygen atoms in total. The van der Waals surface area contributed by atoms with Gasteiger partial charge in [-0.15, -0.1) is 11.8 Å². The number of likely N-dealkylation sites (tertiary alicyclic amines) is 1. The molecule has 1 aliphatic heterocycles. The minimum atomic E-state index is -0.462. The van der Waals surface area contributed by atoms with Gasteiger partial charge in [0.1, 0.15) is 11.3 Å². The van der Waals surface area contributed by atoms with Crippen molar-refractivity contribution in [3.8, 4) is 0 Å². The van der Waals surface area contributed by atoms with Crippen molar-refractivity contribution < 1.29 is 9.53 Å². The van der Waals surface area contributed by atoms with Crippen LogP contribution in [0.2, 0.25) is 0 Å². The highest BCUT2D eigenvalue weighted by molar-refractivity contribution is 8.00. The predicted octanol–water partition coefficient (Wildman–Crippen LogP) is 3.98. The molecule has 3 rings (SSSR count). The number of aryl methyl sites for hydroxylation is 1. The Morgan fingerprint density at radius 1 is 1.33 bits per heavy atom. The van der Waals surface area contributed by atoms with Gasteiger partial charge in [-0.1, -0.05) is 6.92 Å². The van der Waals surface area contributed by atoms with E-state index in [1.807, 2.05) is 39.8 Å². The molecule has 1 aromatic heterocycles. The Hall–Kier alpha value is -2.02. The molecule has 0 aliphatic carbocycles. The SMILES string of the molecule is CCc1nc2ccc(SC3CCN(C(=O)OC(C)(C)C)CC3)cc2[nH]c1=O. The Balaban J connectivity index is 1.62. The lowest BCUT2D eigenvalue weighted by atomic mass is 10.1. The van der Waals surface area contributed by atoms with Crippen molar-refractivity contribution >= 4 is 28.9 Å². The largest absolute Gasteiger partial charge is 0.444 e. The average molecular weight is 390 g/mol. The summed E-state index contributed by atoms with van der Waals surface area (Å²) in [7, 11) is 0. The number of H-pyrrole nitrogens is 1. The van der Waals surface area contributed by atoms with Gasteiger partial charge in [0.25, 0.3) is 5.56 Å². The molecule has 0 bridgehead atoms. The second-order valence-electron chi connectivity index (χ2n) is 7.83. The first-order chi connectivity index (χ1) is 12.7. The van der Waals surface area contributed by atoms with Crippen molar-refractivity contribution in [2.24, 2.45) is 0 Å². The second-order valence-corrected chi connectivity index (χ2v) is 9.20. The van der Waals surface area contributed by atoms with Crippen LogP contribution >= 0.6 is 11.8 Å². The van der Waals surface area contributed by atoms with E-state index in [0.29, 0.717) is 30.5 Å². The fourth-order valence-corrected chi connectivity index (χ4v) is 4.26. The molecule has 1 amide bonds. The van der Waals surface area contributed by atoms with Crippen LogP contribution in [0.1, 0.15) is 46.2 Å². The highest BCUT2D eigenvalue weighted by atomic mass is 32.2. The third-order valence-electron chi connectivity index (χ3n) is 4.47. The van der Waals surface area contributed by atoms with E-state index in [4.69, 9.17) is 4.74 Å². The molecule has 1 saturated heterocycles. The van der Waals surface area contributed by atoms with Gasteiger partial charge in [-0.3, -0.25) is 4.79 Å². The summed E-state index contributed by atoms with van der Waals surface area (Å²) < 4.78 is 5.45. The number of carbonyl (C=O) groups excluding carboxylic acids is 1. The maximum absolute atomic E-state index is 12.2. The zero-order valence-corrected chi connectivity index (χ0v) is 17.2. The minimum Gasteiger partial charge on any atom is -0.444 e. The number of aromatic nitrogens is 2. The highest BCUT2D eigenvalue weighted by Gasteiger charge is 2.27. The molecule has 1 aromatic carbocycles. The predicted molar refractivity (Wildman–Crippen MR) is 108 cm³/mol. The number of benzene rings is 1. The molecular formula is C20H27N3O3S. The quantitative estimate of drug-likeness (QED) is 0.859. The van der Waals surface area contributed by atoms with Crippen molar-refractivity contribution in [2.75, 3.05) is 13.1 Å². The Kier molecular flexibility index (Phi) is 5.79. The lowest BCUT2D eigenvalue weighted by Crippen LogP contribution is -2.42. The molecule has 0 spiro atoms. The van der Waals surface area contributed by atoms with Crippen molar-refractivity contribution in [2.45, 2.75) is 62.7 Å². The van der Waals surface area contributed by atoms with E-state index in [1.165, 1.54) is 0 Å². The number of piperidine rings is 1. The van der Waals surface area contributed by atoms with E-state index in [9.17, 15) is 9.59 Å². The monoisotopic (exact) mass is 389 g/mol.